The highest BCUT2D eigenvalue weighted by molar-refractivity contribution is 6.30. The summed E-state index contributed by atoms with van der Waals surface area (Å²) in [5.41, 5.74) is 0.213. The van der Waals surface area contributed by atoms with Gasteiger partial charge in [-0.3, -0.25) is 0 Å². The molecule has 0 aliphatic heterocycles. The Morgan fingerprint density at radius 3 is 2.44 bits per heavy atom. The molecule has 0 radical (unpaired) electrons. The Morgan fingerprint density at radius 1 is 1.12 bits per heavy atom. The van der Waals surface area contributed by atoms with E-state index in [1.807, 2.05) is 0 Å². The van der Waals surface area contributed by atoms with Crippen molar-refractivity contribution in [2.24, 2.45) is 0 Å². The minimum absolute atomic E-state index is 0.191. The van der Waals surface area contributed by atoms with Crippen LogP contribution in [0.2, 0.25) is 5.15 Å². The van der Waals surface area contributed by atoms with Gasteiger partial charge in [0.05, 0.1) is 11.0 Å². The van der Waals surface area contributed by atoms with E-state index in [2.05, 4.69) is 9.97 Å². The van der Waals surface area contributed by atoms with Crippen LogP contribution in [-0.4, -0.2) is 9.97 Å². The number of benzene rings is 1. The second-order valence-electron chi connectivity index (χ2n) is 3.35. The lowest BCUT2D eigenvalue weighted by Crippen LogP contribution is -2.10. The first-order valence-electron chi connectivity index (χ1n) is 4.39. The zero-order valence-corrected chi connectivity index (χ0v) is 8.89. The summed E-state index contributed by atoms with van der Waals surface area (Å²) < 4.78 is 37.5. The maximum atomic E-state index is 12.5. The lowest BCUT2D eigenvalue weighted by Gasteiger charge is -2.08. The summed E-state index contributed by atoms with van der Waals surface area (Å²) in [4.78, 5) is 7.15. The SMILES string of the molecule is Cc1ccc2nc(Cl)c(C(F)(F)F)nc2c1. The van der Waals surface area contributed by atoms with Crippen LogP contribution in [0, 0.1) is 6.92 Å². The molecule has 2 nitrogen and oxygen atoms in total. The Labute approximate surface area is 94.1 Å². The lowest BCUT2D eigenvalue weighted by atomic mass is 10.2. The number of rotatable bonds is 0. The molecule has 0 bridgehead atoms. The summed E-state index contributed by atoms with van der Waals surface area (Å²) in [6.45, 7) is 1.77. The van der Waals surface area contributed by atoms with Crippen LogP contribution in [0.15, 0.2) is 18.2 Å². The Morgan fingerprint density at radius 2 is 1.81 bits per heavy atom. The number of halogens is 4. The zero-order valence-electron chi connectivity index (χ0n) is 8.14. The fraction of sp³-hybridized carbons (Fsp3) is 0.200. The first-order chi connectivity index (χ1) is 7.38. The number of aromatic nitrogens is 2. The highest BCUT2D eigenvalue weighted by Gasteiger charge is 2.36. The molecule has 0 fully saturated rings. The molecule has 0 saturated carbocycles. The Hall–Kier alpha value is -1.36. The number of nitrogens with zero attached hydrogens (tertiary/aromatic N) is 2. The van der Waals surface area contributed by atoms with Gasteiger partial charge in [-0.1, -0.05) is 17.7 Å². The van der Waals surface area contributed by atoms with E-state index in [0.29, 0.717) is 5.52 Å². The van der Waals surface area contributed by atoms with E-state index in [1.165, 1.54) is 6.07 Å². The van der Waals surface area contributed by atoms with Crippen molar-refractivity contribution in [3.63, 3.8) is 0 Å². The first-order valence-corrected chi connectivity index (χ1v) is 4.77. The van der Waals surface area contributed by atoms with Crippen LogP contribution < -0.4 is 0 Å². The van der Waals surface area contributed by atoms with Gasteiger partial charge < -0.3 is 0 Å². The van der Waals surface area contributed by atoms with E-state index in [-0.39, 0.29) is 5.52 Å². The summed E-state index contributed by atoms with van der Waals surface area (Å²) in [5, 5.41) is -0.621. The van der Waals surface area contributed by atoms with Crippen molar-refractivity contribution < 1.29 is 13.2 Å². The van der Waals surface area contributed by atoms with Gasteiger partial charge in [0, 0.05) is 0 Å². The molecule has 0 aliphatic rings. The summed E-state index contributed by atoms with van der Waals surface area (Å²) in [7, 11) is 0. The van der Waals surface area contributed by atoms with Gasteiger partial charge in [-0.2, -0.15) is 13.2 Å². The van der Waals surface area contributed by atoms with E-state index in [1.54, 1.807) is 19.1 Å². The fourth-order valence-corrected chi connectivity index (χ4v) is 1.56. The van der Waals surface area contributed by atoms with Crippen LogP contribution in [0.3, 0.4) is 0 Å². The Balaban J connectivity index is 2.74. The maximum Gasteiger partial charge on any atom is 0.436 e. The minimum Gasteiger partial charge on any atom is -0.239 e. The predicted octanol–water partition coefficient (Wildman–Crippen LogP) is 3.61. The normalized spacial score (nSPS) is 12.1. The van der Waals surface area contributed by atoms with Gasteiger partial charge in [0.1, 0.15) is 0 Å². The molecule has 1 heterocycles. The molecule has 0 aliphatic carbocycles. The molecule has 0 spiro atoms. The highest BCUT2D eigenvalue weighted by Crippen LogP contribution is 2.33. The number of alkyl halides is 3. The molecular weight excluding hydrogens is 241 g/mol. The van der Waals surface area contributed by atoms with E-state index in [0.717, 1.165) is 5.56 Å². The third-order valence-electron chi connectivity index (χ3n) is 2.05. The molecule has 2 aromatic rings. The van der Waals surface area contributed by atoms with Gasteiger partial charge in [-0.05, 0) is 24.6 Å². The van der Waals surface area contributed by atoms with Crippen molar-refractivity contribution in [1.82, 2.24) is 9.97 Å². The summed E-state index contributed by atoms with van der Waals surface area (Å²) >= 11 is 5.43. The second-order valence-corrected chi connectivity index (χ2v) is 3.71. The molecule has 16 heavy (non-hydrogen) atoms. The number of aryl methyl sites for hydroxylation is 1. The van der Waals surface area contributed by atoms with E-state index >= 15 is 0 Å². The second kappa shape index (κ2) is 3.59. The summed E-state index contributed by atoms with van der Waals surface area (Å²) in [6.07, 6.45) is -4.58. The number of hydrogen-bond donors (Lipinski definition) is 0. The van der Waals surface area contributed by atoms with Crippen LogP contribution in [0.25, 0.3) is 11.0 Å². The standard InChI is InChI=1S/C10H6ClF3N2/c1-5-2-3-6-7(4-5)15-8(9(11)16-6)10(12,13)14/h2-4H,1H3. The Kier molecular flexibility index (Phi) is 2.50. The fourth-order valence-electron chi connectivity index (χ4n) is 1.32. The van der Waals surface area contributed by atoms with Crippen molar-refractivity contribution >= 4 is 22.6 Å². The summed E-state index contributed by atoms with van der Waals surface area (Å²) in [5.74, 6) is 0. The molecule has 2 rings (SSSR count). The van der Waals surface area contributed by atoms with E-state index < -0.39 is 17.0 Å². The van der Waals surface area contributed by atoms with Gasteiger partial charge in [0.25, 0.3) is 0 Å². The molecule has 0 amide bonds. The largest absolute Gasteiger partial charge is 0.436 e. The molecule has 0 unspecified atom stereocenters. The molecule has 6 heteroatoms. The average Bonchev–Trinajstić information content (AvgIpc) is 2.16. The smallest absolute Gasteiger partial charge is 0.239 e. The van der Waals surface area contributed by atoms with Crippen molar-refractivity contribution in [2.45, 2.75) is 13.1 Å². The molecular formula is C10H6ClF3N2. The van der Waals surface area contributed by atoms with Crippen molar-refractivity contribution in [3.8, 4) is 0 Å². The zero-order chi connectivity index (χ0) is 11.9. The van der Waals surface area contributed by atoms with Crippen molar-refractivity contribution in [2.75, 3.05) is 0 Å². The molecule has 0 saturated heterocycles. The van der Waals surface area contributed by atoms with Crippen molar-refractivity contribution in [1.29, 1.82) is 0 Å². The van der Waals surface area contributed by atoms with Gasteiger partial charge in [0.2, 0.25) is 0 Å². The molecule has 0 N–H and O–H groups in total. The number of fused-ring (bicyclic) bond motifs is 1. The van der Waals surface area contributed by atoms with E-state index in [4.69, 9.17) is 11.6 Å². The maximum absolute atomic E-state index is 12.5. The van der Waals surface area contributed by atoms with E-state index in [9.17, 15) is 13.2 Å². The van der Waals surface area contributed by atoms with Gasteiger partial charge in [-0.25, -0.2) is 9.97 Å². The topological polar surface area (TPSA) is 25.8 Å². The quantitative estimate of drug-likeness (QED) is 0.710. The van der Waals surface area contributed by atoms with Crippen LogP contribution in [-0.2, 0) is 6.18 Å². The molecule has 84 valence electrons. The molecule has 1 aromatic heterocycles. The third kappa shape index (κ3) is 1.95. The highest BCUT2D eigenvalue weighted by atomic mass is 35.5. The van der Waals surface area contributed by atoms with Gasteiger partial charge >= 0.3 is 6.18 Å². The predicted molar refractivity (Wildman–Crippen MR) is 54.3 cm³/mol. The number of hydrogen-bond acceptors (Lipinski definition) is 2. The van der Waals surface area contributed by atoms with Gasteiger partial charge in [-0.15, -0.1) is 0 Å². The van der Waals surface area contributed by atoms with Crippen LogP contribution >= 0.6 is 11.6 Å². The minimum atomic E-state index is -4.58. The molecule has 0 atom stereocenters. The van der Waals surface area contributed by atoms with Crippen LogP contribution in [0.1, 0.15) is 11.3 Å². The third-order valence-corrected chi connectivity index (χ3v) is 2.31. The lowest BCUT2D eigenvalue weighted by molar-refractivity contribution is -0.141. The van der Waals surface area contributed by atoms with Crippen LogP contribution in [0.4, 0.5) is 13.2 Å². The summed E-state index contributed by atoms with van der Waals surface area (Å²) in [6, 6.07) is 4.86. The van der Waals surface area contributed by atoms with Crippen molar-refractivity contribution in [3.05, 3.63) is 34.6 Å². The van der Waals surface area contributed by atoms with Gasteiger partial charge in [0.15, 0.2) is 10.8 Å². The Bertz CT molecular complexity index is 551. The monoisotopic (exact) mass is 246 g/mol. The average molecular weight is 247 g/mol. The molecule has 1 aromatic carbocycles. The first kappa shape index (κ1) is 11.1. The van der Waals surface area contributed by atoms with Crippen LogP contribution in [0.5, 0.6) is 0 Å².